The van der Waals surface area contributed by atoms with Gasteiger partial charge in [0.15, 0.2) is 5.82 Å². The monoisotopic (exact) mass is 288 g/mol. The van der Waals surface area contributed by atoms with Gasteiger partial charge in [0, 0.05) is 18.5 Å². The summed E-state index contributed by atoms with van der Waals surface area (Å²) in [5.74, 6) is 1.10. The lowest BCUT2D eigenvalue weighted by atomic mass is 10.1. The van der Waals surface area contributed by atoms with Crippen molar-refractivity contribution in [2.75, 3.05) is 6.54 Å². The van der Waals surface area contributed by atoms with E-state index >= 15 is 0 Å². The Bertz CT molecular complexity index is 590. The molecule has 0 aliphatic carbocycles. The molecule has 6 heteroatoms. The number of nitrogens with two attached hydrogens (primary N) is 1. The molecule has 1 amide bonds. The van der Waals surface area contributed by atoms with Gasteiger partial charge in [-0.05, 0) is 31.0 Å². The number of carbonyl (C=O) groups excluding carboxylic acids is 1. The van der Waals surface area contributed by atoms with Gasteiger partial charge in [-0.25, -0.2) is 0 Å². The van der Waals surface area contributed by atoms with E-state index in [0.29, 0.717) is 18.3 Å². The molecule has 0 saturated heterocycles. The summed E-state index contributed by atoms with van der Waals surface area (Å²) in [6.45, 7) is 4.22. The third kappa shape index (κ3) is 4.13. The Morgan fingerprint density at radius 1 is 1.38 bits per heavy atom. The normalized spacial score (nSPS) is 12.1. The molecule has 0 bridgehead atoms. The number of carbonyl (C=O) groups is 1. The van der Waals surface area contributed by atoms with Gasteiger partial charge < -0.3 is 15.6 Å². The van der Waals surface area contributed by atoms with Crippen LogP contribution in [0.4, 0.5) is 0 Å². The number of nitrogens with zero attached hydrogens (tertiary/aromatic N) is 2. The fourth-order valence-corrected chi connectivity index (χ4v) is 1.82. The lowest BCUT2D eigenvalue weighted by Crippen LogP contribution is -2.39. The Balaban J connectivity index is 1.91. The van der Waals surface area contributed by atoms with Crippen molar-refractivity contribution in [3.05, 3.63) is 35.7 Å². The summed E-state index contributed by atoms with van der Waals surface area (Å²) in [7, 11) is 0. The average Bonchev–Trinajstić information content (AvgIpc) is 2.96. The summed E-state index contributed by atoms with van der Waals surface area (Å²) in [5.41, 5.74) is 7.50. The SMILES string of the molecule is CCc1noc(-c2ccc(CCNC(=O)[C@H](C)N)cc2)n1. The van der Waals surface area contributed by atoms with E-state index in [1.54, 1.807) is 6.92 Å². The Morgan fingerprint density at radius 2 is 2.10 bits per heavy atom. The predicted octanol–water partition coefficient (Wildman–Crippen LogP) is 1.30. The number of hydrogen-bond acceptors (Lipinski definition) is 5. The molecular formula is C15H20N4O2. The van der Waals surface area contributed by atoms with Crippen LogP contribution in [0.1, 0.15) is 25.2 Å². The van der Waals surface area contributed by atoms with Crippen LogP contribution in [0, 0.1) is 0 Å². The number of aryl methyl sites for hydroxylation is 1. The van der Waals surface area contributed by atoms with Gasteiger partial charge in [0.2, 0.25) is 5.91 Å². The van der Waals surface area contributed by atoms with Crippen molar-refractivity contribution < 1.29 is 9.32 Å². The number of amides is 1. The zero-order valence-electron chi connectivity index (χ0n) is 12.3. The summed E-state index contributed by atoms with van der Waals surface area (Å²) < 4.78 is 5.19. The first-order chi connectivity index (χ1) is 10.1. The molecule has 112 valence electrons. The predicted molar refractivity (Wildman–Crippen MR) is 79.5 cm³/mol. The Hall–Kier alpha value is -2.21. The molecular weight excluding hydrogens is 268 g/mol. The fraction of sp³-hybridized carbons (Fsp3) is 0.400. The number of aromatic nitrogens is 2. The highest BCUT2D eigenvalue weighted by Crippen LogP contribution is 2.18. The zero-order chi connectivity index (χ0) is 15.2. The van der Waals surface area contributed by atoms with E-state index in [4.69, 9.17) is 10.3 Å². The van der Waals surface area contributed by atoms with Crippen LogP contribution in [0.2, 0.25) is 0 Å². The van der Waals surface area contributed by atoms with E-state index in [1.165, 1.54) is 0 Å². The van der Waals surface area contributed by atoms with Crippen LogP contribution in [0.25, 0.3) is 11.5 Å². The third-order valence-corrected chi connectivity index (χ3v) is 3.11. The molecule has 1 heterocycles. The maximum Gasteiger partial charge on any atom is 0.257 e. The first-order valence-corrected chi connectivity index (χ1v) is 7.05. The lowest BCUT2D eigenvalue weighted by molar-refractivity contribution is -0.121. The minimum absolute atomic E-state index is 0.135. The Morgan fingerprint density at radius 3 is 2.67 bits per heavy atom. The average molecular weight is 288 g/mol. The van der Waals surface area contributed by atoms with Gasteiger partial charge >= 0.3 is 0 Å². The van der Waals surface area contributed by atoms with Gasteiger partial charge in [-0.1, -0.05) is 24.2 Å². The fourth-order valence-electron chi connectivity index (χ4n) is 1.82. The van der Waals surface area contributed by atoms with Gasteiger partial charge in [0.1, 0.15) is 0 Å². The molecule has 0 fully saturated rings. The van der Waals surface area contributed by atoms with Crippen LogP contribution < -0.4 is 11.1 Å². The maximum absolute atomic E-state index is 11.3. The van der Waals surface area contributed by atoms with Crippen molar-refractivity contribution >= 4 is 5.91 Å². The highest BCUT2D eigenvalue weighted by Gasteiger charge is 2.08. The van der Waals surface area contributed by atoms with Crippen molar-refractivity contribution in [1.29, 1.82) is 0 Å². The van der Waals surface area contributed by atoms with Crippen molar-refractivity contribution in [3.8, 4) is 11.5 Å². The molecule has 1 atom stereocenters. The summed E-state index contributed by atoms with van der Waals surface area (Å²) >= 11 is 0. The van der Waals surface area contributed by atoms with Gasteiger partial charge in [-0.2, -0.15) is 4.98 Å². The van der Waals surface area contributed by atoms with Crippen LogP contribution in [-0.2, 0) is 17.6 Å². The molecule has 2 aromatic rings. The first kappa shape index (κ1) is 15.2. The minimum atomic E-state index is -0.474. The summed E-state index contributed by atoms with van der Waals surface area (Å²) in [6, 6.07) is 7.38. The molecule has 21 heavy (non-hydrogen) atoms. The number of hydrogen-bond donors (Lipinski definition) is 2. The molecule has 0 radical (unpaired) electrons. The smallest absolute Gasteiger partial charge is 0.257 e. The highest BCUT2D eigenvalue weighted by atomic mass is 16.5. The molecule has 3 N–H and O–H groups in total. The molecule has 6 nitrogen and oxygen atoms in total. The largest absolute Gasteiger partial charge is 0.354 e. The van der Waals surface area contributed by atoms with Crippen molar-refractivity contribution in [1.82, 2.24) is 15.5 Å². The van der Waals surface area contributed by atoms with Gasteiger partial charge in [0.05, 0.1) is 6.04 Å². The number of nitrogens with one attached hydrogen (secondary N) is 1. The van der Waals surface area contributed by atoms with Gasteiger partial charge in [-0.3, -0.25) is 4.79 Å². The van der Waals surface area contributed by atoms with Crippen LogP contribution in [-0.4, -0.2) is 28.6 Å². The van der Waals surface area contributed by atoms with Crippen LogP contribution in [0.5, 0.6) is 0 Å². The summed E-state index contributed by atoms with van der Waals surface area (Å²) in [5, 5.41) is 6.66. The van der Waals surface area contributed by atoms with Crippen molar-refractivity contribution in [2.45, 2.75) is 32.7 Å². The molecule has 0 spiro atoms. The zero-order valence-corrected chi connectivity index (χ0v) is 12.3. The van der Waals surface area contributed by atoms with Crippen molar-refractivity contribution in [2.24, 2.45) is 5.73 Å². The number of rotatable bonds is 6. The minimum Gasteiger partial charge on any atom is -0.354 e. The van der Waals surface area contributed by atoms with Gasteiger partial charge in [0.25, 0.3) is 5.89 Å². The molecule has 0 aliphatic heterocycles. The van der Waals surface area contributed by atoms with E-state index in [9.17, 15) is 4.79 Å². The number of benzene rings is 1. The quantitative estimate of drug-likeness (QED) is 0.835. The van der Waals surface area contributed by atoms with Crippen LogP contribution in [0.3, 0.4) is 0 Å². The van der Waals surface area contributed by atoms with E-state index in [-0.39, 0.29) is 5.91 Å². The Kier molecular flexibility index (Phi) is 5.05. The van der Waals surface area contributed by atoms with Crippen LogP contribution in [0.15, 0.2) is 28.8 Å². The van der Waals surface area contributed by atoms with Gasteiger partial charge in [-0.15, -0.1) is 0 Å². The lowest BCUT2D eigenvalue weighted by Gasteiger charge is -2.07. The topological polar surface area (TPSA) is 94.0 Å². The molecule has 0 saturated carbocycles. The highest BCUT2D eigenvalue weighted by molar-refractivity contribution is 5.80. The summed E-state index contributed by atoms with van der Waals surface area (Å²) in [4.78, 5) is 15.6. The third-order valence-electron chi connectivity index (χ3n) is 3.11. The Labute approximate surface area is 123 Å². The standard InChI is InChI=1S/C15H20N4O2/c1-3-13-18-15(21-19-13)12-6-4-11(5-7-12)8-9-17-14(20)10(2)16/h4-7,10H,3,8-9,16H2,1-2H3,(H,17,20)/t10-/m0/s1. The second kappa shape index (κ2) is 6.99. The van der Waals surface area contributed by atoms with Crippen LogP contribution >= 0.6 is 0 Å². The maximum atomic E-state index is 11.3. The molecule has 1 aromatic heterocycles. The van der Waals surface area contributed by atoms with E-state index in [1.807, 2.05) is 31.2 Å². The van der Waals surface area contributed by atoms with E-state index < -0.39 is 6.04 Å². The molecule has 1 aromatic carbocycles. The molecule has 2 rings (SSSR count). The first-order valence-electron chi connectivity index (χ1n) is 7.05. The van der Waals surface area contributed by atoms with Crippen molar-refractivity contribution in [3.63, 3.8) is 0 Å². The second-order valence-corrected chi connectivity index (χ2v) is 4.90. The second-order valence-electron chi connectivity index (χ2n) is 4.90. The molecule has 0 aliphatic rings. The molecule has 0 unspecified atom stereocenters. The van der Waals surface area contributed by atoms with E-state index in [0.717, 1.165) is 24.0 Å². The summed E-state index contributed by atoms with van der Waals surface area (Å²) in [6.07, 6.45) is 1.50. The van der Waals surface area contributed by atoms with E-state index in [2.05, 4.69) is 15.5 Å².